The Balaban J connectivity index is 1.45. The van der Waals surface area contributed by atoms with Gasteiger partial charge in [-0.3, -0.25) is 9.69 Å². The maximum Gasteiger partial charge on any atom is 0.325 e. The van der Waals surface area contributed by atoms with Crippen molar-refractivity contribution in [3.05, 3.63) is 65.6 Å². The highest BCUT2D eigenvalue weighted by atomic mass is 16.5. The van der Waals surface area contributed by atoms with Crippen LogP contribution in [0.3, 0.4) is 0 Å². The number of carbonyl (C=O) groups excluding carboxylic acids is 2. The number of urea groups is 1. The first kappa shape index (κ1) is 18.1. The molecular weight excluding hydrogens is 356 g/mol. The Morgan fingerprint density at radius 1 is 1.07 bits per heavy atom. The van der Waals surface area contributed by atoms with Gasteiger partial charge in [-0.2, -0.15) is 0 Å². The van der Waals surface area contributed by atoms with Crippen molar-refractivity contribution in [1.82, 2.24) is 10.2 Å². The summed E-state index contributed by atoms with van der Waals surface area (Å²) in [4.78, 5) is 26.6. The summed E-state index contributed by atoms with van der Waals surface area (Å²) in [6.07, 6.45) is 0. The van der Waals surface area contributed by atoms with Gasteiger partial charge in [-0.1, -0.05) is 30.3 Å². The van der Waals surface area contributed by atoms with Gasteiger partial charge in [-0.25, -0.2) is 4.79 Å². The van der Waals surface area contributed by atoms with Crippen molar-refractivity contribution in [2.45, 2.75) is 26.3 Å². The highest BCUT2D eigenvalue weighted by Crippen LogP contribution is 2.32. The Morgan fingerprint density at radius 2 is 1.82 bits per heavy atom. The molecule has 28 heavy (non-hydrogen) atoms. The predicted octanol–water partition coefficient (Wildman–Crippen LogP) is 3.90. The fraction of sp³-hybridized carbons (Fsp3) is 0.273. The van der Waals surface area contributed by atoms with Crippen LogP contribution in [0.5, 0.6) is 5.75 Å². The number of nitrogens with one attached hydrogen (secondary N) is 1. The van der Waals surface area contributed by atoms with Crippen molar-refractivity contribution in [3.63, 3.8) is 0 Å². The molecule has 6 heteroatoms. The average Bonchev–Trinajstić information content (AvgIpc) is 3.12. The fourth-order valence-corrected chi connectivity index (χ4v) is 3.72. The lowest BCUT2D eigenvalue weighted by molar-refractivity contribution is -0.131. The smallest absolute Gasteiger partial charge is 0.325 e. The molecule has 1 aliphatic heterocycles. The van der Waals surface area contributed by atoms with Crippen LogP contribution in [-0.4, -0.2) is 30.0 Å². The topological polar surface area (TPSA) is 71.8 Å². The lowest BCUT2D eigenvalue weighted by atomic mass is 9.92. The third-order valence-electron chi connectivity index (χ3n) is 5.16. The van der Waals surface area contributed by atoms with Gasteiger partial charge in [-0.15, -0.1) is 0 Å². The first-order valence-corrected chi connectivity index (χ1v) is 9.22. The number of benzene rings is 2. The van der Waals surface area contributed by atoms with E-state index < -0.39 is 11.6 Å². The summed E-state index contributed by atoms with van der Waals surface area (Å²) < 4.78 is 11.3. The molecule has 0 saturated carbocycles. The molecule has 3 amide bonds. The molecule has 1 unspecified atom stereocenters. The number of fused-ring (bicyclic) bond motifs is 1. The van der Waals surface area contributed by atoms with Gasteiger partial charge < -0.3 is 14.5 Å². The SMILES string of the molecule is Cc1cc(C2(C)NC(=O)N(CCOc3ccc4ccccc4c3)C2=O)c(C)o1. The van der Waals surface area contributed by atoms with Crippen LogP contribution < -0.4 is 10.1 Å². The van der Waals surface area contributed by atoms with E-state index in [2.05, 4.69) is 5.32 Å². The average molecular weight is 378 g/mol. The first-order valence-electron chi connectivity index (χ1n) is 9.22. The Morgan fingerprint density at radius 3 is 2.54 bits per heavy atom. The molecule has 2 aromatic carbocycles. The van der Waals surface area contributed by atoms with Gasteiger partial charge in [-0.05, 0) is 49.7 Å². The van der Waals surface area contributed by atoms with Crippen LogP contribution in [0.15, 0.2) is 52.9 Å². The number of amides is 3. The summed E-state index contributed by atoms with van der Waals surface area (Å²) >= 11 is 0. The molecule has 0 aliphatic carbocycles. The molecule has 1 N–H and O–H groups in total. The molecule has 1 saturated heterocycles. The van der Waals surface area contributed by atoms with E-state index in [1.807, 2.05) is 49.4 Å². The van der Waals surface area contributed by atoms with E-state index in [9.17, 15) is 9.59 Å². The Labute approximate surface area is 163 Å². The van der Waals surface area contributed by atoms with E-state index in [0.717, 1.165) is 10.8 Å². The zero-order valence-corrected chi connectivity index (χ0v) is 16.1. The summed E-state index contributed by atoms with van der Waals surface area (Å²) in [5.74, 6) is 1.73. The molecule has 1 aliphatic rings. The number of aryl methyl sites for hydroxylation is 2. The first-order chi connectivity index (χ1) is 13.4. The van der Waals surface area contributed by atoms with E-state index in [0.29, 0.717) is 22.8 Å². The molecule has 0 bridgehead atoms. The second-order valence-corrected chi connectivity index (χ2v) is 7.20. The highest BCUT2D eigenvalue weighted by molar-refractivity contribution is 6.07. The van der Waals surface area contributed by atoms with E-state index >= 15 is 0 Å². The van der Waals surface area contributed by atoms with Crippen LogP contribution in [0.1, 0.15) is 24.0 Å². The van der Waals surface area contributed by atoms with Gasteiger partial charge >= 0.3 is 6.03 Å². The minimum absolute atomic E-state index is 0.170. The molecule has 1 aromatic heterocycles. The number of hydrogen-bond acceptors (Lipinski definition) is 4. The van der Waals surface area contributed by atoms with Crippen molar-refractivity contribution < 1.29 is 18.7 Å². The Hall–Kier alpha value is -3.28. The van der Waals surface area contributed by atoms with Crippen LogP contribution >= 0.6 is 0 Å². The van der Waals surface area contributed by atoms with Gasteiger partial charge in [0.05, 0.1) is 6.54 Å². The fourth-order valence-electron chi connectivity index (χ4n) is 3.72. The molecule has 6 nitrogen and oxygen atoms in total. The predicted molar refractivity (Wildman–Crippen MR) is 105 cm³/mol. The molecule has 1 fully saturated rings. The van der Waals surface area contributed by atoms with E-state index in [1.54, 1.807) is 19.9 Å². The van der Waals surface area contributed by atoms with Gasteiger partial charge in [0.25, 0.3) is 5.91 Å². The number of hydrogen-bond donors (Lipinski definition) is 1. The molecular formula is C22H22N2O4. The zero-order chi connectivity index (χ0) is 19.9. The quantitative estimate of drug-likeness (QED) is 0.684. The summed E-state index contributed by atoms with van der Waals surface area (Å²) in [6.45, 7) is 5.70. The number of furan rings is 1. The van der Waals surface area contributed by atoms with Gasteiger partial charge in [0.1, 0.15) is 29.4 Å². The van der Waals surface area contributed by atoms with Crippen LogP contribution in [-0.2, 0) is 10.3 Å². The van der Waals surface area contributed by atoms with Crippen molar-refractivity contribution >= 4 is 22.7 Å². The maximum absolute atomic E-state index is 13.0. The second kappa shape index (κ2) is 6.71. The summed E-state index contributed by atoms with van der Waals surface area (Å²) in [7, 11) is 0. The number of ether oxygens (including phenoxy) is 1. The van der Waals surface area contributed by atoms with E-state index in [-0.39, 0.29) is 19.1 Å². The highest BCUT2D eigenvalue weighted by Gasteiger charge is 2.50. The van der Waals surface area contributed by atoms with Crippen LogP contribution in [0.2, 0.25) is 0 Å². The van der Waals surface area contributed by atoms with Crippen LogP contribution in [0, 0.1) is 13.8 Å². The van der Waals surface area contributed by atoms with Crippen molar-refractivity contribution in [1.29, 1.82) is 0 Å². The van der Waals surface area contributed by atoms with Gasteiger partial charge in [0.2, 0.25) is 0 Å². The Kier molecular flexibility index (Phi) is 4.34. The zero-order valence-electron chi connectivity index (χ0n) is 16.1. The third kappa shape index (κ3) is 3.01. The third-order valence-corrected chi connectivity index (χ3v) is 5.16. The molecule has 4 rings (SSSR count). The summed E-state index contributed by atoms with van der Waals surface area (Å²) in [5, 5.41) is 5.00. The van der Waals surface area contributed by atoms with Crippen LogP contribution in [0.4, 0.5) is 4.79 Å². The number of nitrogens with zero attached hydrogens (tertiary/aromatic N) is 1. The largest absolute Gasteiger partial charge is 0.492 e. The monoisotopic (exact) mass is 378 g/mol. The van der Waals surface area contributed by atoms with E-state index in [4.69, 9.17) is 9.15 Å². The molecule has 0 spiro atoms. The van der Waals surface area contributed by atoms with Crippen molar-refractivity contribution in [2.24, 2.45) is 0 Å². The normalized spacial score (nSPS) is 19.3. The number of imide groups is 1. The molecule has 1 atom stereocenters. The summed E-state index contributed by atoms with van der Waals surface area (Å²) in [6, 6.07) is 15.2. The molecule has 0 radical (unpaired) electrons. The summed E-state index contributed by atoms with van der Waals surface area (Å²) in [5.41, 5.74) is -0.441. The van der Waals surface area contributed by atoms with Crippen LogP contribution in [0.25, 0.3) is 10.8 Å². The van der Waals surface area contributed by atoms with Crippen molar-refractivity contribution in [3.8, 4) is 5.75 Å². The van der Waals surface area contributed by atoms with E-state index in [1.165, 1.54) is 4.90 Å². The molecule has 2 heterocycles. The molecule has 3 aromatic rings. The maximum atomic E-state index is 13.0. The minimum Gasteiger partial charge on any atom is -0.492 e. The number of rotatable bonds is 5. The second-order valence-electron chi connectivity index (χ2n) is 7.20. The Bertz CT molecular complexity index is 1070. The number of carbonyl (C=O) groups is 2. The van der Waals surface area contributed by atoms with Gasteiger partial charge in [0.15, 0.2) is 0 Å². The lowest BCUT2D eigenvalue weighted by Crippen LogP contribution is -2.41. The lowest BCUT2D eigenvalue weighted by Gasteiger charge is -2.21. The minimum atomic E-state index is -1.12. The van der Waals surface area contributed by atoms with Crippen molar-refractivity contribution in [2.75, 3.05) is 13.2 Å². The van der Waals surface area contributed by atoms with Gasteiger partial charge in [0, 0.05) is 5.56 Å². The molecule has 144 valence electrons. The standard InChI is InChI=1S/C22H22N2O4/c1-14-12-19(15(2)28-14)22(3)20(25)24(21(26)23-22)10-11-27-18-9-8-16-6-4-5-7-17(16)13-18/h4-9,12-13H,10-11H2,1-3H3,(H,23,26).